The molecular formula is C22H29BrN4O2. The molecule has 0 atom stereocenters. The largest absolute Gasteiger partial charge is 0.496 e. The van der Waals surface area contributed by atoms with Crippen LogP contribution in [0.3, 0.4) is 0 Å². The van der Waals surface area contributed by atoms with Gasteiger partial charge in [-0.15, -0.1) is 0 Å². The molecule has 0 bridgehead atoms. The van der Waals surface area contributed by atoms with Crippen LogP contribution in [0.25, 0.3) is 22.2 Å². The van der Waals surface area contributed by atoms with Crippen LogP contribution >= 0.6 is 15.9 Å². The Bertz CT molecular complexity index is 1030. The predicted molar refractivity (Wildman–Crippen MR) is 124 cm³/mol. The molecular weight excluding hydrogens is 432 g/mol. The average Bonchev–Trinajstić information content (AvgIpc) is 2.97. The summed E-state index contributed by atoms with van der Waals surface area (Å²) in [5.74, 6) is 1.29. The number of aryl methyl sites for hydroxylation is 2. The van der Waals surface area contributed by atoms with Crippen molar-refractivity contribution in [1.29, 1.82) is 0 Å². The third kappa shape index (κ3) is 3.94. The van der Waals surface area contributed by atoms with Gasteiger partial charge in [0.05, 0.1) is 24.9 Å². The smallest absolute Gasteiger partial charge is 0.201 e. The molecule has 0 aliphatic carbocycles. The maximum Gasteiger partial charge on any atom is 0.201 e. The lowest BCUT2D eigenvalue weighted by atomic mass is 9.97. The first-order chi connectivity index (χ1) is 13.8. The molecule has 1 heterocycles. The Morgan fingerprint density at radius 3 is 2.59 bits per heavy atom. The van der Waals surface area contributed by atoms with Crippen LogP contribution in [-0.2, 0) is 11.8 Å². The number of nitrogens with two attached hydrogens (primary N) is 1. The molecule has 0 saturated carbocycles. The summed E-state index contributed by atoms with van der Waals surface area (Å²) in [5, 5.41) is 0. The summed E-state index contributed by atoms with van der Waals surface area (Å²) in [6, 6.07) is 8.63. The van der Waals surface area contributed by atoms with Crippen molar-refractivity contribution in [2.75, 3.05) is 38.0 Å². The Morgan fingerprint density at radius 1 is 1.24 bits per heavy atom. The van der Waals surface area contributed by atoms with Crippen molar-refractivity contribution in [2.45, 2.75) is 26.8 Å². The Labute approximate surface area is 180 Å². The molecule has 2 aromatic carbocycles. The van der Waals surface area contributed by atoms with Gasteiger partial charge in [0, 0.05) is 42.3 Å². The summed E-state index contributed by atoms with van der Waals surface area (Å²) in [7, 11) is 5.37. The van der Waals surface area contributed by atoms with Crippen molar-refractivity contribution in [3.8, 4) is 16.9 Å². The van der Waals surface area contributed by atoms with Gasteiger partial charge in [-0.25, -0.2) is 4.98 Å². The number of nitrogens with zero attached hydrogens (tertiary/aromatic N) is 3. The topological polar surface area (TPSA) is 65.5 Å². The van der Waals surface area contributed by atoms with Gasteiger partial charge in [-0.1, -0.05) is 15.9 Å². The number of hydrogen-bond acceptors (Lipinski definition) is 5. The molecule has 0 aliphatic heterocycles. The lowest BCUT2D eigenvalue weighted by Crippen LogP contribution is -2.34. The second-order valence-electron chi connectivity index (χ2n) is 7.44. The first kappa shape index (κ1) is 21.5. The second-order valence-corrected chi connectivity index (χ2v) is 8.35. The van der Waals surface area contributed by atoms with Gasteiger partial charge in [0.2, 0.25) is 5.95 Å². The predicted octanol–water partition coefficient (Wildman–Crippen LogP) is 4.76. The quantitative estimate of drug-likeness (QED) is 0.550. The van der Waals surface area contributed by atoms with Crippen LogP contribution in [0.15, 0.2) is 28.7 Å². The molecule has 0 radical (unpaired) electrons. The zero-order valence-electron chi connectivity index (χ0n) is 17.9. The Kier molecular flexibility index (Phi) is 6.39. The van der Waals surface area contributed by atoms with Crippen LogP contribution in [0.5, 0.6) is 5.75 Å². The van der Waals surface area contributed by atoms with Crippen LogP contribution in [0.2, 0.25) is 0 Å². The van der Waals surface area contributed by atoms with Gasteiger partial charge in [-0.2, -0.15) is 0 Å². The Balaban J connectivity index is 2.31. The fourth-order valence-electron chi connectivity index (χ4n) is 3.82. The second kappa shape index (κ2) is 8.63. The minimum atomic E-state index is 0.305. The standard InChI is InChI=1S/C22H29BrN4O2/c1-13(2)27(9-10-28-5)17-8-7-16(20-21(17)26(4)22(24)25-20)19-14(3)11-15(23)12-18(19)29-6/h7-8,11-13H,9-10H2,1-6H3,(H2,24,25). The van der Waals surface area contributed by atoms with Gasteiger partial charge in [-0.3, -0.25) is 0 Å². The van der Waals surface area contributed by atoms with Gasteiger partial charge >= 0.3 is 0 Å². The number of imidazole rings is 1. The fourth-order valence-corrected chi connectivity index (χ4v) is 4.37. The maximum atomic E-state index is 6.25. The molecule has 0 saturated heterocycles. The van der Waals surface area contributed by atoms with Crippen molar-refractivity contribution in [2.24, 2.45) is 7.05 Å². The Morgan fingerprint density at radius 2 is 1.97 bits per heavy atom. The molecule has 156 valence electrons. The lowest BCUT2D eigenvalue weighted by molar-refractivity contribution is 0.204. The van der Waals surface area contributed by atoms with Gasteiger partial charge in [0.1, 0.15) is 11.3 Å². The number of anilines is 2. The summed E-state index contributed by atoms with van der Waals surface area (Å²) >= 11 is 3.56. The van der Waals surface area contributed by atoms with E-state index >= 15 is 0 Å². The number of aromatic nitrogens is 2. The molecule has 0 unspecified atom stereocenters. The zero-order chi connectivity index (χ0) is 21.3. The highest BCUT2D eigenvalue weighted by molar-refractivity contribution is 9.10. The minimum absolute atomic E-state index is 0.305. The van der Waals surface area contributed by atoms with Crippen LogP contribution in [-0.4, -0.2) is 43.0 Å². The maximum absolute atomic E-state index is 6.25. The van der Waals surface area contributed by atoms with Crippen molar-refractivity contribution in [1.82, 2.24) is 9.55 Å². The highest BCUT2D eigenvalue weighted by atomic mass is 79.9. The summed E-state index contributed by atoms with van der Waals surface area (Å²) in [4.78, 5) is 7.05. The Hall–Kier alpha value is -2.25. The van der Waals surface area contributed by atoms with Crippen LogP contribution < -0.4 is 15.4 Å². The molecule has 6 nitrogen and oxygen atoms in total. The number of nitrogen functional groups attached to an aromatic ring is 1. The normalized spacial score (nSPS) is 11.4. The molecule has 0 aliphatic rings. The van der Waals surface area contributed by atoms with Gasteiger partial charge in [-0.05, 0) is 50.6 Å². The third-order valence-electron chi connectivity index (χ3n) is 5.26. The first-order valence-electron chi connectivity index (χ1n) is 9.65. The van der Waals surface area contributed by atoms with E-state index in [2.05, 4.69) is 59.8 Å². The summed E-state index contributed by atoms with van der Waals surface area (Å²) in [5.41, 5.74) is 12.4. The van der Waals surface area contributed by atoms with Crippen molar-refractivity contribution in [3.63, 3.8) is 0 Å². The molecule has 3 aromatic rings. The number of halogens is 1. The number of ether oxygens (including phenoxy) is 2. The van der Waals surface area contributed by atoms with E-state index in [1.165, 1.54) is 0 Å². The number of benzene rings is 2. The van der Waals surface area contributed by atoms with Crippen molar-refractivity contribution >= 4 is 38.6 Å². The molecule has 3 rings (SSSR count). The number of rotatable bonds is 7. The van der Waals surface area contributed by atoms with Crippen molar-refractivity contribution < 1.29 is 9.47 Å². The van der Waals surface area contributed by atoms with Crippen LogP contribution in [0.1, 0.15) is 19.4 Å². The molecule has 7 heteroatoms. The molecule has 0 fully saturated rings. The monoisotopic (exact) mass is 460 g/mol. The molecule has 29 heavy (non-hydrogen) atoms. The summed E-state index contributed by atoms with van der Waals surface area (Å²) in [6.45, 7) is 7.87. The zero-order valence-corrected chi connectivity index (χ0v) is 19.5. The first-order valence-corrected chi connectivity index (χ1v) is 10.4. The van der Waals surface area contributed by atoms with Crippen molar-refractivity contribution in [3.05, 3.63) is 34.3 Å². The number of hydrogen-bond donors (Lipinski definition) is 1. The number of fused-ring (bicyclic) bond motifs is 1. The molecule has 1 aromatic heterocycles. The van der Waals surface area contributed by atoms with E-state index in [9.17, 15) is 0 Å². The fraction of sp³-hybridized carbons (Fsp3) is 0.409. The van der Waals surface area contributed by atoms with Crippen LogP contribution in [0, 0.1) is 6.92 Å². The third-order valence-corrected chi connectivity index (χ3v) is 5.72. The van der Waals surface area contributed by atoms with E-state index in [1.54, 1.807) is 14.2 Å². The van der Waals surface area contributed by atoms with E-state index < -0.39 is 0 Å². The highest BCUT2D eigenvalue weighted by Crippen LogP contribution is 2.42. The van der Waals surface area contributed by atoms with E-state index in [-0.39, 0.29) is 0 Å². The van der Waals surface area contributed by atoms with E-state index in [4.69, 9.17) is 20.2 Å². The van der Waals surface area contributed by atoms with E-state index in [1.807, 2.05) is 17.7 Å². The van der Waals surface area contributed by atoms with Crippen LogP contribution in [0.4, 0.5) is 11.6 Å². The van der Waals surface area contributed by atoms with Gasteiger partial charge in [0.25, 0.3) is 0 Å². The van der Waals surface area contributed by atoms with E-state index in [0.717, 1.165) is 50.2 Å². The average molecular weight is 461 g/mol. The molecule has 0 amide bonds. The lowest BCUT2D eigenvalue weighted by Gasteiger charge is -2.30. The molecule has 0 spiro atoms. The number of methoxy groups -OCH3 is 2. The van der Waals surface area contributed by atoms with Gasteiger partial charge < -0.3 is 24.7 Å². The minimum Gasteiger partial charge on any atom is -0.496 e. The molecule has 2 N–H and O–H groups in total. The highest BCUT2D eigenvalue weighted by Gasteiger charge is 2.22. The summed E-state index contributed by atoms with van der Waals surface area (Å²) < 4.78 is 14.0. The SMILES string of the molecule is COCCN(c1ccc(-c2c(C)cc(Br)cc2OC)c2nc(N)n(C)c12)C(C)C. The van der Waals surface area contributed by atoms with E-state index in [0.29, 0.717) is 18.6 Å². The summed E-state index contributed by atoms with van der Waals surface area (Å²) in [6.07, 6.45) is 0. The van der Waals surface area contributed by atoms with Gasteiger partial charge in [0.15, 0.2) is 0 Å².